The Morgan fingerprint density at radius 1 is 0.674 bits per heavy atom. The molecule has 8 heteroatoms. The molecule has 8 nitrogen and oxygen atoms in total. The normalized spacial score (nSPS) is 13.5. The molecule has 2 atom stereocenters. The highest BCUT2D eigenvalue weighted by Gasteiger charge is 2.31. The van der Waals surface area contributed by atoms with E-state index in [1.807, 2.05) is 33.3 Å². The first kappa shape index (κ1) is 43.5. The lowest BCUT2D eigenvalue weighted by Crippen LogP contribution is -2.50. The average molecular weight is 651 g/mol. The molecule has 0 aromatic carbocycles. The predicted octanol–water partition coefficient (Wildman–Crippen LogP) is 8.74. The van der Waals surface area contributed by atoms with Crippen LogP contribution in [-0.4, -0.2) is 80.6 Å². The summed E-state index contributed by atoms with van der Waals surface area (Å²) in [5, 5.41) is 9.55. The highest BCUT2D eigenvalue weighted by molar-refractivity contribution is 5.72. The number of carbonyl (C=O) groups is 3. The Bertz CT molecular complexity index is 860. The Morgan fingerprint density at radius 3 is 1.87 bits per heavy atom. The first-order valence-electron chi connectivity index (χ1n) is 18.0. The zero-order chi connectivity index (χ0) is 34.3. The van der Waals surface area contributed by atoms with E-state index in [0.29, 0.717) is 19.3 Å². The number of esters is 2. The fourth-order valence-electron chi connectivity index (χ4n) is 4.97. The highest BCUT2D eigenvalue weighted by atomic mass is 16.6. The van der Waals surface area contributed by atoms with Gasteiger partial charge in [0, 0.05) is 19.3 Å². The van der Waals surface area contributed by atoms with Gasteiger partial charge < -0.3 is 23.8 Å². The quantitative estimate of drug-likeness (QED) is 0.0347. The number of rotatable bonds is 31. The zero-order valence-electron chi connectivity index (χ0n) is 30.0. The summed E-state index contributed by atoms with van der Waals surface area (Å²) in [5.41, 5.74) is 0. The van der Waals surface area contributed by atoms with E-state index in [1.54, 1.807) is 0 Å². The SMILES string of the molecule is CC/C=C/C/C=C/CCC(=O)OCC(COCCC(C(=O)O)[N+](C)(C)C)OC(=O)CCCCCCCCC/C=C/CCCCCC. The van der Waals surface area contributed by atoms with Gasteiger partial charge in [0.25, 0.3) is 0 Å². The van der Waals surface area contributed by atoms with Gasteiger partial charge in [0.1, 0.15) is 6.61 Å². The molecule has 0 aliphatic rings. The third-order valence-corrected chi connectivity index (χ3v) is 7.79. The summed E-state index contributed by atoms with van der Waals surface area (Å²) in [5.74, 6) is -1.57. The van der Waals surface area contributed by atoms with Crippen LogP contribution in [-0.2, 0) is 28.6 Å². The number of allylic oxidation sites excluding steroid dienone is 6. The standard InChI is InChI=1S/C38H67NO7/c1-6-8-10-12-14-15-16-17-18-19-20-21-23-25-27-29-37(41)46-34(32-44-31-30-35(38(42)43)39(3,4)5)33-45-36(40)28-26-24-22-13-11-9-7-2/h9,11,15-16,22,24,34-35H,6-8,10,12-14,17-21,23,25-33H2,1-5H3/p+1/b11-9+,16-15+,24-22+. The van der Waals surface area contributed by atoms with Gasteiger partial charge in [0.05, 0.1) is 34.4 Å². The number of aliphatic carboxylic acids is 1. The predicted molar refractivity (Wildman–Crippen MR) is 188 cm³/mol. The van der Waals surface area contributed by atoms with Crippen molar-refractivity contribution in [2.75, 3.05) is 41.0 Å². The van der Waals surface area contributed by atoms with Gasteiger partial charge in [-0.05, 0) is 51.4 Å². The third kappa shape index (κ3) is 27.8. The first-order chi connectivity index (χ1) is 22.1. The summed E-state index contributed by atoms with van der Waals surface area (Å²) >= 11 is 0. The second-order valence-electron chi connectivity index (χ2n) is 13.1. The molecule has 0 rings (SSSR count). The molecular formula is C38H68NO7+. The summed E-state index contributed by atoms with van der Waals surface area (Å²) in [6, 6.07) is -0.619. The molecule has 0 saturated carbocycles. The minimum absolute atomic E-state index is 0.0419. The molecule has 0 aliphatic heterocycles. The molecule has 0 fully saturated rings. The molecule has 0 bridgehead atoms. The smallest absolute Gasteiger partial charge is 0.362 e. The molecule has 2 unspecified atom stereocenters. The lowest BCUT2D eigenvalue weighted by molar-refractivity contribution is -0.887. The molecule has 0 saturated heterocycles. The summed E-state index contributed by atoms with van der Waals surface area (Å²) in [4.78, 5) is 36.5. The van der Waals surface area contributed by atoms with Gasteiger partial charge >= 0.3 is 17.9 Å². The van der Waals surface area contributed by atoms with E-state index < -0.39 is 18.1 Å². The molecule has 0 heterocycles. The molecule has 0 radical (unpaired) electrons. The van der Waals surface area contributed by atoms with Gasteiger partial charge in [-0.1, -0.05) is 102 Å². The Labute approximate surface area is 281 Å². The van der Waals surface area contributed by atoms with Gasteiger partial charge in [-0.25, -0.2) is 4.79 Å². The Hall–Kier alpha value is -2.45. The molecule has 0 aromatic rings. The van der Waals surface area contributed by atoms with Crippen molar-refractivity contribution in [2.24, 2.45) is 0 Å². The van der Waals surface area contributed by atoms with Crippen LogP contribution in [0, 0.1) is 0 Å². The highest BCUT2D eigenvalue weighted by Crippen LogP contribution is 2.13. The van der Waals surface area contributed by atoms with Crippen LogP contribution >= 0.6 is 0 Å². The molecule has 1 N–H and O–H groups in total. The zero-order valence-corrected chi connectivity index (χ0v) is 30.0. The van der Waals surface area contributed by atoms with Crippen LogP contribution in [0.5, 0.6) is 0 Å². The van der Waals surface area contributed by atoms with Gasteiger partial charge in [-0.15, -0.1) is 0 Å². The second kappa shape index (κ2) is 29.9. The van der Waals surface area contributed by atoms with Crippen molar-refractivity contribution in [3.8, 4) is 0 Å². The van der Waals surface area contributed by atoms with E-state index in [9.17, 15) is 19.5 Å². The number of nitrogens with zero attached hydrogens (tertiary/aromatic N) is 1. The van der Waals surface area contributed by atoms with Crippen LogP contribution in [0.4, 0.5) is 0 Å². The number of ether oxygens (including phenoxy) is 3. The van der Waals surface area contributed by atoms with E-state index in [-0.39, 0.29) is 42.7 Å². The number of carboxylic acids is 1. The van der Waals surface area contributed by atoms with Crippen molar-refractivity contribution < 1.29 is 38.2 Å². The van der Waals surface area contributed by atoms with E-state index in [1.165, 1.54) is 64.2 Å². The van der Waals surface area contributed by atoms with Crippen molar-refractivity contribution >= 4 is 17.9 Å². The number of carbonyl (C=O) groups excluding carboxylic acids is 2. The fourth-order valence-corrected chi connectivity index (χ4v) is 4.97. The van der Waals surface area contributed by atoms with Crippen LogP contribution in [0.25, 0.3) is 0 Å². The molecule has 46 heavy (non-hydrogen) atoms. The van der Waals surface area contributed by atoms with Gasteiger partial charge in [0.2, 0.25) is 0 Å². The number of hydrogen-bond donors (Lipinski definition) is 1. The fraction of sp³-hybridized carbons (Fsp3) is 0.763. The summed E-state index contributed by atoms with van der Waals surface area (Å²) in [7, 11) is 5.49. The molecule has 0 aliphatic carbocycles. The largest absolute Gasteiger partial charge is 0.477 e. The summed E-state index contributed by atoms with van der Waals surface area (Å²) in [6.45, 7) is 4.48. The summed E-state index contributed by atoms with van der Waals surface area (Å²) < 4.78 is 17.0. The van der Waals surface area contributed by atoms with E-state index in [0.717, 1.165) is 32.1 Å². The summed E-state index contributed by atoms with van der Waals surface area (Å²) in [6.07, 6.45) is 30.8. The van der Waals surface area contributed by atoms with Gasteiger partial charge in [-0.2, -0.15) is 0 Å². The van der Waals surface area contributed by atoms with Crippen LogP contribution in [0.15, 0.2) is 36.5 Å². The number of likely N-dealkylation sites (N-methyl/N-ethyl adjacent to an activating group) is 1. The number of quaternary nitrogens is 1. The van der Waals surface area contributed by atoms with Crippen molar-refractivity contribution in [1.29, 1.82) is 0 Å². The van der Waals surface area contributed by atoms with Crippen molar-refractivity contribution in [1.82, 2.24) is 0 Å². The van der Waals surface area contributed by atoms with Crippen molar-refractivity contribution in [2.45, 2.75) is 148 Å². The van der Waals surface area contributed by atoms with E-state index in [4.69, 9.17) is 14.2 Å². The molecular weight excluding hydrogens is 582 g/mol. The monoisotopic (exact) mass is 650 g/mol. The van der Waals surface area contributed by atoms with Crippen molar-refractivity contribution in [3.63, 3.8) is 0 Å². The van der Waals surface area contributed by atoms with E-state index >= 15 is 0 Å². The molecule has 0 aromatic heterocycles. The molecule has 0 spiro atoms. The Balaban J connectivity index is 4.43. The number of carboxylic acid groups (broad SMARTS) is 1. The van der Waals surface area contributed by atoms with Crippen LogP contribution in [0.2, 0.25) is 0 Å². The third-order valence-electron chi connectivity index (χ3n) is 7.79. The maximum absolute atomic E-state index is 12.6. The minimum Gasteiger partial charge on any atom is -0.477 e. The van der Waals surface area contributed by atoms with Gasteiger partial charge in [0.15, 0.2) is 12.1 Å². The van der Waals surface area contributed by atoms with Crippen LogP contribution in [0.3, 0.4) is 0 Å². The lowest BCUT2D eigenvalue weighted by Gasteiger charge is -2.31. The first-order valence-corrected chi connectivity index (χ1v) is 18.0. The van der Waals surface area contributed by atoms with Crippen LogP contribution in [0.1, 0.15) is 136 Å². The number of unbranched alkanes of at least 4 members (excludes halogenated alkanes) is 11. The molecule has 0 amide bonds. The Kier molecular flexibility index (Phi) is 28.3. The van der Waals surface area contributed by atoms with E-state index in [2.05, 4.69) is 38.2 Å². The minimum atomic E-state index is -0.885. The topological polar surface area (TPSA) is 99.1 Å². The molecule has 266 valence electrons. The second-order valence-corrected chi connectivity index (χ2v) is 13.1. The number of hydrogen-bond acceptors (Lipinski definition) is 6. The Morgan fingerprint density at radius 2 is 1.26 bits per heavy atom. The average Bonchev–Trinajstić information content (AvgIpc) is 3.00. The van der Waals surface area contributed by atoms with Crippen molar-refractivity contribution in [3.05, 3.63) is 36.5 Å². The van der Waals surface area contributed by atoms with Gasteiger partial charge in [-0.3, -0.25) is 9.59 Å². The maximum Gasteiger partial charge on any atom is 0.362 e. The lowest BCUT2D eigenvalue weighted by atomic mass is 10.1. The van der Waals surface area contributed by atoms with Crippen LogP contribution < -0.4 is 0 Å². The maximum atomic E-state index is 12.6.